The molecule has 1 saturated carbocycles. The number of hydrogen-bond donors (Lipinski definition) is 2. The summed E-state index contributed by atoms with van der Waals surface area (Å²) >= 11 is 0. The highest BCUT2D eigenvalue weighted by molar-refractivity contribution is 5.22. The van der Waals surface area contributed by atoms with Gasteiger partial charge in [0.25, 0.3) is 0 Å². The van der Waals surface area contributed by atoms with Crippen molar-refractivity contribution < 1.29 is 5.11 Å². The molecule has 0 amide bonds. The van der Waals surface area contributed by atoms with Gasteiger partial charge in [0, 0.05) is 24.7 Å². The van der Waals surface area contributed by atoms with E-state index in [1.807, 2.05) is 54.7 Å². The van der Waals surface area contributed by atoms with Crippen LogP contribution in [0.1, 0.15) is 30.2 Å². The van der Waals surface area contributed by atoms with Gasteiger partial charge in [-0.1, -0.05) is 36.4 Å². The van der Waals surface area contributed by atoms with Crippen molar-refractivity contribution in [3.8, 4) is 0 Å². The first-order chi connectivity index (χ1) is 9.80. The van der Waals surface area contributed by atoms with E-state index in [0.717, 1.165) is 37.2 Å². The quantitative estimate of drug-likeness (QED) is 0.846. The Labute approximate surface area is 119 Å². The second-order valence-electron chi connectivity index (χ2n) is 5.60. The molecule has 0 aliphatic heterocycles. The van der Waals surface area contributed by atoms with E-state index >= 15 is 0 Å². The van der Waals surface area contributed by atoms with Gasteiger partial charge in [-0.05, 0) is 30.5 Å². The summed E-state index contributed by atoms with van der Waals surface area (Å²) < 4.78 is 0. The van der Waals surface area contributed by atoms with Crippen molar-refractivity contribution in [3.63, 3.8) is 0 Å². The van der Waals surface area contributed by atoms with Crippen LogP contribution in [0.15, 0.2) is 54.7 Å². The van der Waals surface area contributed by atoms with Gasteiger partial charge in [0.05, 0.1) is 11.8 Å². The first-order valence-corrected chi connectivity index (χ1v) is 7.14. The van der Waals surface area contributed by atoms with Crippen LogP contribution in [-0.2, 0) is 6.54 Å². The van der Waals surface area contributed by atoms with Gasteiger partial charge in [0.2, 0.25) is 0 Å². The van der Waals surface area contributed by atoms with Gasteiger partial charge in [0.15, 0.2) is 0 Å². The van der Waals surface area contributed by atoms with E-state index < -0.39 is 0 Å². The van der Waals surface area contributed by atoms with Gasteiger partial charge >= 0.3 is 0 Å². The van der Waals surface area contributed by atoms with Gasteiger partial charge in [0.1, 0.15) is 0 Å². The molecular formula is C17H20N2O. The predicted molar refractivity (Wildman–Crippen MR) is 79.0 cm³/mol. The molecular weight excluding hydrogens is 248 g/mol. The third-order valence-corrected chi connectivity index (χ3v) is 4.10. The minimum Gasteiger partial charge on any atom is -0.388 e. The number of aliphatic hydroxyl groups excluding tert-OH is 1. The van der Waals surface area contributed by atoms with Crippen molar-refractivity contribution in [1.29, 1.82) is 0 Å². The largest absolute Gasteiger partial charge is 0.388 e. The van der Waals surface area contributed by atoms with E-state index in [9.17, 15) is 5.11 Å². The minimum atomic E-state index is -0.375. The van der Waals surface area contributed by atoms with Gasteiger partial charge in [-0.2, -0.15) is 0 Å². The highest BCUT2D eigenvalue weighted by atomic mass is 16.3. The summed E-state index contributed by atoms with van der Waals surface area (Å²) in [6, 6.07) is 15.9. The van der Waals surface area contributed by atoms with Crippen LogP contribution in [0, 0.1) is 5.41 Å². The molecule has 1 fully saturated rings. The Kier molecular flexibility index (Phi) is 3.81. The molecule has 3 rings (SSSR count). The first-order valence-electron chi connectivity index (χ1n) is 7.14. The second kappa shape index (κ2) is 5.73. The van der Waals surface area contributed by atoms with Gasteiger partial charge < -0.3 is 10.4 Å². The number of nitrogens with one attached hydrogen (secondary N) is 1. The molecule has 0 saturated heterocycles. The zero-order valence-electron chi connectivity index (χ0n) is 11.5. The van der Waals surface area contributed by atoms with E-state index in [1.165, 1.54) is 0 Å². The number of rotatable bonds is 6. The van der Waals surface area contributed by atoms with Gasteiger partial charge in [-0.3, -0.25) is 4.98 Å². The topological polar surface area (TPSA) is 45.1 Å². The predicted octanol–water partition coefficient (Wildman–Crippen LogP) is 2.69. The maximum atomic E-state index is 10.6. The molecule has 1 aromatic carbocycles. The van der Waals surface area contributed by atoms with Crippen molar-refractivity contribution in [3.05, 3.63) is 66.0 Å². The Morgan fingerprint density at radius 2 is 1.85 bits per heavy atom. The van der Waals surface area contributed by atoms with Crippen molar-refractivity contribution in [1.82, 2.24) is 10.3 Å². The third kappa shape index (κ3) is 2.89. The highest BCUT2D eigenvalue weighted by Gasteiger charge is 2.48. The lowest BCUT2D eigenvalue weighted by Crippen LogP contribution is -2.28. The summed E-state index contributed by atoms with van der Waals surface area (Å²) in [7, 11) is 0. The van der Waals surface area contributed by atoms with Crippen molar-refractivity contribution in [2.24, 2.45) is 5.41 Å². The second-order valence-corrected chi connectivity index (χ2v) is 5.60. The van der Waals surface area contributed by atoms with Crippen LogP contribution in [0.3, 0.4) is 0 Å². The number of nitrogens with zero attached hydrogens (tertiary/aromatic N) is 1. The monoisotopic (exact) mass is 268 g/mol. The van der Waals surface area contributed by atoms with E-state index in [0.29, 0.717) is 0 Å². The molecule has 104 valence electrons. The van der Waals surface area contributed by atoms with E-state index in [2.05, 4.69) is 10.3 Å². The number of aromatic nitrogens is 1. The number of pyridine rings is 1. The summed E-state index contributed by atoms with van der Waals surface area (Å²) in [5, 5.41) is 14.0. The molecule has 0 bridgehead atoms. The molecule has 1 aliphatic carbocycles. The lowest BCUT2D eigenvalue weighted by molar-refractivity contribution is 0.0917. The summed E-state index contributed by atoms with van der Waals surface area (Å²) in [4.78, 5) is 4.30. The fourth-order valence-electron chi connectivity index (χ4n) is 2.64. The Balaban J connectivity index is 1.57. The van der Waals surface area contributed by atoms with E-state index in [4.69, 9.17) is 0 Å². The Morgan fingerprint density at radius 1 is 1.10 bits per heavy atom. The molecule has 0 radical (unpaired) electrons. The van der Waals surface area contributed by atoms with Crippen molar-refractivity contribution in [2.75, 3.05) is 6.54 Å². The summed E-state index contributed by atoms with van der Waals surface area (Å²) in [5.74, 6) is 0. The molecule has 1 aliphatic rings. The molecule has 2 aromatic rings. The normalized spacial score (nSPS) is 17.6. The zero-order chi connectivity index (χ0) is 13.8. The average Bonchev–Trinajstić information content (AvgIpc) is 3.30. The maximum Gasteiger partial charge on any atom is 0.0858 e. The molecule has 0 unspecified atom stereocenters. The minimum absolute atomic E-state index is 0.0101. The number of aliphatic hydroxyl groups is 1. The van der Waals surface area contributed by atoms with Crippen LogP contribution in [-0.4, -0.2) is 16.6 Å². The standard InChI is InChI=1S/C17H20N2O/c20-16(14-6-2-1-3-7-14)17(9-10-17)13-18-12-15-8-4-5-11-19-15/h1-8,11,16,18,20H,9-10,12-13H2/t16-/m0/s1. The first kappa shape index (κ1) is 13.3. The Bertz CT molecular complexity index is 537. The van der Waals surface area contributed by atoms with Crippen LogP contribution in [0.25, 0.3) is 0 Å². The summed E-state index contributed by atoms with van der Waals surface area (Å²) in [6.07, 6.45) is 3.60. The molecule has 0 spiro atoms. The smallest absolute Gasteiger partial charge is 0.0858 e. The number of benzene rings is 1. The maximum absolute atomic E-state index is 10.6. The number of hydrogen-bond acceptors (Lipinski definition) is 3. The Morgan fingerprint density at radius 3 is 2.50 bits per heavy atom. The van der Waals surface area contributed by atoms with Crippen LogP contribution in [0.4, 0.5) is 0 Å². The SMILES string of the molecule is O[C@@H](c1ccccc1)C1(CNCc2ccccn2)CC1. The molecule has 1 heterocycles. The average molecular weight is 268 g/mol. The lowest BCUT2D eigenvalue weighted by atomic mass is 9.92. The van der Waals surface area contributed by atoms with Crippen molar-refractivity contribution in [2.45, 2.75) is 25.5 Å². The Hall–Kier alpha value is -1.71. The van der Waals surface area contributed by atoms with Crippen LogP contribution in [0.2, 0.25) is 0 Å². The third-order valence-electron chi connectivity index (χ3n) is 4.10. The van der Waals surface area contributed by atoms with Gasteiger partial charge in [-0.25, -0.2) is 0 Å². The lowest BCUT2D eigenvalue weighted by Gasteiger charge is -2.23. The molecule has 1 aromatic heterocycles. The fraction of sp³-hybridized carbons (Fsp3) is 0.353. The molecule has 3 heteroatoms. The van der Waals surface area contributed by atoms with Crippen LogP contribution >= 0.6 is 0 Å². The summed E-state index contributed by atoms with van der Waals surface area (Å²) in [5.41, 5.74) is 2.07. The van der Waals surface area contributed by atoms with Crippen LogP contribution < -0.4 is 5.32 Å². The molecule has 1 atom stereocenters. The van der Waals surface area contributed by atoms with E-state index in [1.54, 1.807) is 0 Å². The van der Waals surface area contributed by atoms with Crippen LogP contribution in [0.5, 0.6) is 0 Å². The van der Waals surface area contributed by atoms with Crippen molar-refractivity contribution >= 4 is 0 Å². The zero-order valence-corrected chi connectivity index (χ0v) is 11.5. The molecule has 3 nitrogen and oxygen atoms in total. The molecule has 2 N–H and O–H groups in total. The highest BCUT2D eigenvalue weighted by Crippen LogP contribution is 2.54. The molecule has 20 heavy (non-hydrogen) atoms. The summed E-state index contributed by atoms with van der Waals surface area (Å²) in [6.45, 7) is 1.59. The van der Waals surface area contributed by atoms with E-state index in [-0.39, 0.29) is 11.5 Å². The van der Waals surface area contributed by atoms with Gasteiger partial charge in [-0.15, -0.1) is 0 Å². The fourth-order valence-corrected chi connectivity index (χ4v) is 2.64.